The lowest BCUT2D eigenvalue weighted by Crippen LogP contribution is -2.25. The third kappa shape index (κ3) is 2.44. The maximum atomic E-state index is 12.0. The number of carbonyl (C=O) groups excluding carboxylic acids is 2. The minimum atomic E-state index is -4.99. The van der Waals surface area contributed by atoms with E-state index in [0.29, 0.717) is 5.75 Å². The van der Waals surface area contributed by atoms with Gasteiger partial charge in [0.25, 0.3) is 0 Å². The summed E-state index contributed by atoms with van der Waals surface area (Å²) in [6.07, 6.45) is -6.20. The predicted octanol–water partition coefficient (Wildman–Crippen LogP) is 2.12. The predicted molar refractivity (Wildman–Crippen MR) is 52.6 cm³/mol. The van der Waals surface area contributed by atoms with Gasteiger partial charge < -0.3 is 9.47 Å². The second kappa shape index (κ2) is 4.32. The summed E-state index contributed by atoms with van der Waals surface area (Å²) >= 11 is 0. The van der Waals surface area contributed by atoms with E-state index in [1.165, 1.54) is 18.2 Å². The van der Waals surface area contributed by atoms with Crippen molar-refractivity contribution in [2.75, 3.05) is 6.79 Å². The Kier molecular flexibility index (Phi) is 2.98. The van der Waals surface area contributed by atoms with Gasteiger partial charge in [-0.3, -0.25) is 9.59 Å². The fourth-order valence-electron chi connectivity index (χ4n) is 1.42. The Morgan fingerprint density at radius 2 is 1.83 bits per heavy atom. The second-order valence-electron chi connectivity index (χ2n) is 3.59. The molecule has 0 radical (unpaired) electrons. The molecule has 1 aromatic rings. The maximum Gasteiger partial charge on any atom is 0.450 e. The van der Waals surface area contributed by atoms with E-state index in [4.69, 9.17) is 9.47 Å². The van der Waals surface area contributed by atoms with Gasteiger partial charge in [0.2, 0.25) is 12.6 Å². The Morgan fingerprint density at radius 1 is 1.17 bits per heavy atom. The first-order valence-electron chi connectivity index (χ1n) is 4.91. The molecule has 0 unspecified atom stereocenters. The summed E-state index contributed by atoms with van der Waals surface area (Å²) in [5.41, 5.74) is -0.0168. The molecule has 0 saturated carbocycles. The van der Waals surface area contributed by atoms with E-state index < -0.39 is 24.2 Å². The van der Waals surface area contributed by atoms with Gasteiger partial charge in [0.05, 0.1) is 6.42 Å². The molecular weight excluding hydrogens is 253 g/mol. The van der Waals surface area contributed by atoms with E-state index in [-0.39, 0.29) is 18.1 Å². The molecule has 7 heteroatoms. The Labute approximate surface area is 99.3 Å². The van der Waals surface area contributed by atoms with Crippen molar-refractivity contribution in [2.45, 2.75) is 12.6 Å². The van der Waals surface area contributed by atoms with Crippen molar-refractivity contribution in [3.8, 4) is 11.5 Å². The van der Waals surface area contributed by atoms with Crippen molar-refractivity contribution in [3.05, 3.63) is 23.8 Å². The summed E-state index contributed by atoms with van der Waals surface area (Å²) in [6.45, 7) is -0.00550. The number of carbonyl (C=O) groups is 2. The number of fused-ring (bicyclic) bond motifs is 1. The number of halogens is 3. The topological polar surface area (TPSA) is 52.6 Å². The average molecular weight is 260 g/mol. The van der Waals surface area contributed by atoms with Crippen molar-refractivity contribution in [1.29, 1.82) is 0 Å². The van der Waals surface area contributed by atoms with Crippen LogP contribution in [-0.2, 0) is 4.79 Å². The molecule has 0 fully saturated rings. The summed E-state index contributed by atoms with van der Waals surface area (Å²) in [4.78, 5) is 22.2. The van der Waals surface area contributed by atoms with Crippen LogP contribution in [0.25, 0.3) is 0 Å². The molecule has 2 rings (SSSR count). The van der Waals surface area contributed by atoms with Gasteiger partial charge in [0.1, 0.15) is 0 Å². The van der Waals surface area contributed by atoms with Crippen molar-refractivity contribution in [1.82, 2.24) is 0 Å². The molecule has 0 saturated heterocycles. The van der Waals surface area contributed by atoms with Gasteiger partial charge >= 0.3 is 6.18 Å². The van der Waals surface area contributed by atoms with E-state index in [9.17, 15) is 22.8 Å². The Bertz CT molecular complexity index is 508. The Balaban J connectivity index is 2.13. The second-order valence-corrected chi connectivity index (χ2v) is 3.59. The zero-order chi connectivity index (χ0) is 13.3. The van der Waals surface area contributed by atoms with Gasteiger partial charge in [-0.05, 0) is 18.2 Å². The van der Waals surface area contributed by atoms with Crippen molar-refractivity contribution in [2.24, 2.45) is 0 Å². The molecule has 1 heterocycles. The van der Waals surface area contributed by atoms with Crippen LogP contribution >= 0.6 is 0 Å². The number of alkyl halides is 3. The first-order valence-corrected chi connectivity index (χ1v) is 4.91. The number of hydrogen-bond donors (Lipinski definition) is 0. The van der Waals surface area contributed by atoms with Crippen LogP contribution < -0.4 is 9.47 Å². The van der Waals surface area contributed by atoms with Crippen LogP contribution in [-0.4, -0.2) is 24.5 Å². The van der Waals surface area contributed by atoms with E-state index >= 15 is 0 Å². The first kappa shape index (κ1) is 12.4. The molecule has 1 aliphatic rings. The standard InChI is InChI=1S/C11H7F3O4/c12-11(13,14)10(16)4-7(15)6-1-2-8-9(3-6)18-5-17-8/h1-3H,4-5H2. The zero-order valence-electron chi connectivity index (χ0n) is 8.91. The van der Waals surface area contributed by atoms with Gasteiger partial charge in [-0.1, -0.05) is 0 Å². The number of benzene rings is 1. The highest BCUT2D eigenvalue weighted by Gasteiger charge is 2.39. The highest BCUT2D eigenvalue weighted by molar-refractivity contribution is 6.09. The van der Waals surface area contributed by atoms with E-state index in [1.54, 1.807) is 0 Å². The van der Waals surface area contributed by atoms with Gasteiger partial charge in [-0.2, -0.15) is 13.2 Å². The van der Waals surface area contributed by atoms with Crippen LogP contribution in [0.3, 0.4) is 0 Å². The minimum Gasteiger partial charge on any atom is -0.454 e. The molecule has 4 nitrogen and oxygen atoms in total. The lowest BCUT2D eigenvalue weighted by Gasteiger charge is -2.05. The molecular formula is C11H7F3O4. The highest BCUT2D eigenvalue weighted by Crippen LogP contribution is 2.33. The van der Waals surface area contributed by atoms with Gasteiger partial charge in [-0.25, -0.2) is 0 Å². The normalized spacial score (nSPS) is 13.5. The van der Waals surface area contributed by atoms with Crippen molar-refractivity contribution < 1.29 is 32.2 Å². The van der Waals surface area contributed by atoms with E-state index in [0.717, 1.165) is 0 Å². The molecule has 0 atom stereocenters. The Morgan fingerprint density at radius 3 is 2.50 bits per heavy atom. The van der Waals surface area contributed by atoms with Crippen LogP contribution in [0.2, 0.25) is 0 Å². The molecule has 1 aliphatic heterocycles. The molecule has 18 heavy (non-hydrogen) atoms. The zero-order valence-corrected chi connectivity index (χ0v) is 8.91. The third-order valence-electron chi connectivity index (χ3n) is 2.33. The quantitative estimate of drug-likeness (QED) is 0.617. The SMILES string of the molecule is O=C(CC(=O)C(F)(F)F)c1ccc2c(c1)OCO2. The number of ketones is 2. The van der Waals surface area contributed by atoms with Crippen LogP contribution in [0.5, 0.6) is 11.5 Å². The molecule has 0 aromatic heterocycles. The van der Waals surface area contributed by atoms with Gasteiger partial charge in [0, 0.05) is 5.56 Å². The fraction of sp³-hybridized carbons (Fsp3) is 0.273. The summed E-state index contributed by atoms with van der Waals surface area (Å²) in [5.74, 6) is -2.28. The molecule has 1 aromatic carbocycles. The third-order valence-corrected chi connectivity index (χ3v) is 2.33. The van der Waals surface area contributed by atoms with Crippen molar-refractivity contribution >= 4 is 11.6 Å². The number of ether oxygens (including phenoxy) is 2. The average Bonchev–Trinajstić information content (AvgIpc) is 2.74. The molecule has 0 amide bonds. The smallest absolute Gasteiger partial charge is 0.450 e. The van der Waals surface area contributed by atoms with Crippen LogP contribution in [0, 0.1) is 0 Å². The number of rotatable bonds is 3. The van der Waals surface area contributed by atoms with E-state index in [2.05, 4.69) is 0 Å². The monoisotopic (exact) mass is 260 g/mol. The summed E-state index contributed by atoms with van der Waals surface area (Å²) in [7, 11) is 0. The summed E-state index contributed by atoms with van der Waals surface area (Å²) in [6, 6.07) is 3.96. The number of hydrogen-bond acceptors (Lipinski definition) is 4. The Hall–Kier alpha value is -2.05. The van der Waals surface area contributed by atoms with Crippen LogP contribution in [0.1, 0.15) is 16.8 Å². The lowest BCUT2D eigenvalue weighted by atomic mass is 10.1. The minimum absolute atomic E-state index is 0.00550. The molecule has 0 N–H and O–H groups in total. The van der Waals surface area contributed by atoms with E-state index in [1.807, 2.05) is 0 Å². The molecule has 0 bridgehead atoms. The van der Waals surface area contributed by atoms with Crippen LogP contribution in [0.15, 0.2) is 18.2 Å². The largest absolute Gasteiger partial charge is 0.454 e. The van der Waals surface area contributed by atoms with Gasteiger partial charge in [0.15, 0.2) is 17.3 Å². The first-order chi connectivity index (χ1) is 8.38. The lowest BCUT2D eigenvalue weighted by molar-refractivity contribution is -0.170. The molecule has 96 valence electrons. The highest BCUT2D eigenvalue weighted by atomic mass is 19.4. The summed E-state index contributed by atoms with van der Waals surface area (Å²) < 4.78 is 46.0. The maximum absolute atomic E-state index is 12.0. The molecule has 0 spiro atoms. The molecule has 0 aliphatic carbocycles. The number of Topliss-reactive ketones (excluding diaryl/α,β-unsaturated/α-hetero) is 2. The van der Waals surface area contributed by atoms with Crippen molar-refractivity contribution in [3.63, 3.8) is 0 Å². The van der Waals surface area contributed by atoms with Gasteiger partial charge in [-0.15, -0.1) is 0 Å². The summed E-state index contributed by atoms with van der Waals surface area (Å²) in [5, 5.41) is 0. The van der Waals surface area contributed by atoms with Crippen LogP contribution in [0.4, 0.5) is 13.2 Å². The fourth-order valence-corrected chi connectivity index (χ4v) is 1.42.